The summed E-state index contributed by atoms with van der Waals surface area (Å²) < 4.78 is 5.69. The van der Waals surface area contributed by atoms with Gasteiger partial charge < -0.3 is 10.1 Å². The molecule has 0 bridgehead atoms. The maximum Gasteiger partial charge on any atom is 0.244 e. The van der Waals surface area contributed by atoms with Crippen LogP contribution in [0.1, 0.15) is 16.7 Å². The van der Waals surface area contributed by atoms with E-state index in [1.807, 2.05) is 44.2 Å². The molecule has 2 aromatic carbocycles. The molecule has 2 aromatic rings. The molecule has 4 heteroatoms. The molecule has 0 heterocycles. The molecule has 0 aliphatic carbocycles. The molecule has 0 fully saturated rings. The van der Waals surface area contributed by atoms with Crippen LogP contribution in [0.25, 0.3) is 6.08 Å². The van der Waals surface area contributed by atoms with Gasteiger partial charge in [-0.15, -0.1) is 0 Å². The Morgan fingerprint density at radius 2 is 1.91 bits per heavy atom. The summed E-state index contributed by atoms with van der Waals surface area (Å²) in [5, 5.41) is 3.47. The summed E-state index contributed by atoms with van der Waals surface area (Å²) in [6.07, 6.45) is 3.25. The lowest BCUT2D eigenvalue weighted by Gasteiger charge is -2.10. The van der Waals surface area contributed by atoms with Gasteiger partial charge in [0, 0.05) is 11.1 Å². The Morgan fingerprint density at radius 1 is 1.17 bits per heavy atom. The van der Waals surface area contributed by atoms with Gasteiger partial charge in [-0.05, 0) is 54.8 Å². The Balaban J connectivity index is 1.74. The molecule has 0 saturated heterocycles. The zero-order valence-corrected chi connectivity index (χ0v) is 14.1. The SMILES string of the molecule is Cc1cccc(OCCNC(=O)/C=C/c2ccc(Cl)cc2)c1C. The number of carbonyl (C=O) groups excluding carboxylic acids is 1. The van der Waals surface area contributed by atoms with Crippen LogP contribution in [0.5, 0.6) is 5.75 Å². The van der Waals surface area contributed by atoms with Gasteiger partial charge in [0.2, 0.25) is 5.91 Å². The van der Waals surface area contributed by atoms with Gasteiger partial charge in [0.1, 0.15) is 12.4 Å². The first-order valence-electron chi connectivity index (χ1n) is 7.47. The fourth-order valence-corrected chi connectivity index (χ4v) is 2.15. The molecule has 0 radical (unpaired) electrons. The standard InChI is InChI=1S/C19H20ClNO2/c1-14-4-3-5-18(15(14)2)23-13-12-21-19(22)11-8-16-6-9-17(20)10-7-16/h3-11H,12-13H2,1-2H3,(H,21,22)/b11-8+. The third kappa shape index (κ3) is 5.46. The molecular formula is C19H20ClNO2. The van der Waals surface area contributed by atoms with Crippen molar-refractivity contribution in [3.8, 4) is 5.75 Å². The molecule has 1 N–H and O–H groups in total. The van der Waals surface area contributed by atoms with E-state index < -0.39 is 0 Å². The summed E-state index contributed by atoms with van der Waals surface area (Å²) in [6, 6.07) is 13.2. The number of ether oxygens (including phenoxy) is 1. The van der Waals surface area contributed by atoms with Crippen LogP contribution in [0, 0.1) is 13.8 Å². The topological polar surface area (TPSA) is 38.3 Å². The van der Waals surface area contributed by atoms with Crippen molar-refractivity contribution in [2.75, 3.05) is 13.2 Å². The number of hydrogen-bond acceptors (Lipinski definition) is 2. The first kappa shape index (κ1) is 17.1. The lowest BCUT2D eigenvalue weighted by molar-refractivity contribution is -0.116. The highest BCUT2D eigenvalue weighted by Crippen LogP contribution is 2.20. The number of aryl methyl sites for hydroxylation is 1. The van der Waals surface area contributed by atoms with Gasteiger partial charge in [-0.1, -0.05) is 35.9 Å². The Bertz CT molecular complexity index is 693. The summed E-state index contributed by atoms with van der Waals surface area (Å²) in [5.74, 6) is 0.709. The second-order valence-corrected chi connectivity index (χ2v) is 5.66. The molecule has 0 atom stereocenters. The van der Waals surface area contributed by atoms with Crippen molar-refractivity contribution in [1.29, 1.82) is 0 Å². The van der Waals surface area contributed by atoms with Crippen LogP contribution < -0.4 is 10.1 Å². The Kier molecular flexibility index (Phi) is 6.24. The van der Waals surface area contributed by atoms with Crippen molar-refractivity contribution >= 4 is 23.6 Å². The Morgan fingerprint density at radius 3 is 2.65 bits per heavy atom. The number of benzene rings is 2. The minimum absolute atomic E-state index is 0.149. The van der Waals surface area contributed by atoms with Crippen molar-refractivity contribution in [2.24, 2.45) is 0 Å². The minimum atomic E-state index is -0.149. The summed E-state index contributed by atoms with van der Waals surface area (Å²) in [6.45, 7) is 4.96. The van der Waals surface area contributed by atoms with E-state index in [0.717, 1.165) is 16.9 Å². The van der Waals surface area contributed by atoms with Crippen molar-refractivity contribution in [3.05, 3.63) is 70.3 Å². The van der Waals surface area contributed by atoms with Gasteiger partial charge in [-0.2, -0.15) is 0 Å². The van der Waals surface area contributed by atoms with Gasteiger partial charge in [0.15, 0.2) is 0 Å². The second kappa shape index (κ2) is 8.39. The van der Waals surface area contributed by atoms with Gasteiger partial charge in [-0.3, -0.25) is 4.79 Å². The summed E-state index contributed by atoms with van der Waals surface area (Å²) >= 11 is 5.81. The molecule has 0 aliphatic heterocycles. The normalized spacial score (nSPS) is 10.7. The average Bonchev–Trinajstić information content (AvgIpc) is 2.55. The molecule has 120 valence electrons. The number of hydrogen-bond donors (Lipinski definition) is 1. The van der Waals surface area contributed by atoms with Crippen molar-refractivity contribution in [1.82, 2.24) is 5.32 Å². The van der Waals surface area contributed by atoms with E-state index in [2.05, 4.69) is 5.32 Å². The van der Waals surface area contributed by atoms with Crippen LogP contribution in [0.4, 0.5) is 0 Å². The molecule has 2 rings (SSSR count). The van der Waals surface area contributed by atoms with Crippen molar-refractivity contribution in [3.63, 3.8) is 0 Å². The van der Waals surface area contributed by atoms with Gasteiger partial charge in [0.05, 0.1) is 6.54 Å². The first-order chi connectivity index (χ1) is 11.1. The summed E-state index contributed by atoms with van der Waals surface area (Å²) in [5.41, 5.74) is 3.25. The monoisotopic (exact) mass is 329 g/mol. The fourth-order valence-electron chi connectivity index (χ4n) is 2.02. The first-order valence-corrected chi connectivity index (χ1v) is 7.84. The van der Waals surface area contributed by atoms with Crippen LogP contribution in [0.15, 0.2) is 48.5 Å². The zero-order chi connectivity index (χ0) is 16.7. The minimum Gasteiger partial charge on any atom is -0.491 e. The highest BCUT2D eigenvalue weighted by atomic mass is 35.5. The number of rotatable bonds is 6. The predicted octanol–water partition coefficient (Wildman–Crippen LogP) is 4.17. The lowest BCUT2D eigenvalue weighted by atomic mass is 10.1. The Labute approximate surface area is 141 Å². The third-order valence-corrected chi connectivity index (χ3v) is 3.76. The van der Waals surface area contributed by atoms with Crippen LogP contribution >= 0.6 is 11.6 Å². The average molecular weight is 330 g/mol. The van der Waals surface area contributed by atoms with Gasteiger partial charge in [-0.25, -0.2) is 0 Å². The summed E-state index contributed by atoms with van der Waals surface area (Å²) in [4.78, 5) is 11.7. The van der Waals surface area contributed by atoms with Crippen LogP contribution in [0.2, 0.25) is 5.02 Å². The molecule has 0 aromatic heterocycles. The molecular weight excluding hydrogens is 310 g/mol. The molecule has 23 heavy (non-hydrogen) atoms. The van der Waals surface area contributed by atoms with Crippen LogP contribution in [0.3, 0.4) is 0 Å². The Hall–Kier alpha value is -2.26. The van der Waals surface area contributed by atoms with E-state index >= 15 is 0 Å². The predicted molar refractivity (Wildman–Crippen MR) is 94.9 cm³/mol. The molecule has 0 aliphatic rings. The maximum atomic E-state index is 11.7. The fraction of sp³-hybridized carbons (Fsp3) is 0.211. The number of carbonyl (C=O) groups is 1. The zero-order valence-electron chi connectivity index (χ0n) is 13.3. The van der Waals surface area contributed by atoms with E-state index in [4.69, 9.17) is 16.3 Å². The molecule has 0 spiro atoms. The summed E-state index contributed by atoms with van der Waals surface area (Å²) in [7, 11) is 0. The van der Waals surface area contributed by atoms with Crippen molar-refractivity contribution < 1.29 is 9.53 Å². The molecule has 0 saturated carbocycles. The molecule has 0 unspecified atom stereocenters. The smallest absolute Gasteiger partial charge is 0.244 e. The largest absolute Gasteiger partial charge is 0.491 e. The molecule has 3 nitrogen and oxygen atoms in total. The lowest BCUT2D eigenvalue weighted by Crippen LogP contribution is -2.26. The van der Waals surface area contributed by atoms with Gasteiger partial charge >= 0.3 is 0 Å². The number of halogens is 1. The van der Waals surface area contributed by atoms with E-state index in [-0.39, 0.29) is 5.91 Å². The van der Waals surface area contributed by atoms with E-state index in [1.165, 1.54) is 11.6 Å². The van der Waals surface area contributed by atoms with Crippen LogP contribution in [-0.2, 0) is 4.79 Å². The quantitative estimate of drug-likeness (QED) is 0.638. The maximum absolute atomic E-state index is 11.7. The number of amides is 1. The van der Waals surface area contributed by atoms with E-state index in [0.29, 0.717) is 18.2 Å². The van der Waals surface area contributed by atoms with Gasteiger partial charge in [0.25, 0.3) is 0 Å². The number of nitrogens with one attached hydrogen (secondary N) is 1. The highest BCUT2D eigenvalue weighted by Gasteiger charge is 2.01. The van der Waals surface area contributed by atoms with E-state index in [1.54, 1.807) is 18.2 Å². The second-order valence-electron chi connectivity index (χ2n) is 5.22. The van der Waals surface area contributed by atoms with Crippen LogP contribution in [-0.4, -0.2) is 19.1 Å². The van der Waals surface area contributed by atoms with Crippen molar-refractivity contribution in [2.45, 2.75) is 13.8 Å². The van der Waals surface area contributed by atoms with E-state index in [9.17, 15) is 4.79 Å². The highest BCUT2D eigenvalue weighted by molar-refractivity contribution is 6.30. The third-order valence-electron chi connectivity index (χ3n) is 3.51. The molecule has 1 amide bonds.